The molecule has 0 spiro atoms. The summed E-state index contributed by atoms with van der Waals surface area (Å²) in [5.41, 5.74) is 2.05. The molecule has 1 aromatic heterocycles. The number of aromatic nitrogens is 2. The van der Waals surface area contributed by atoms with Gasteiger partial charge in [0.25, 0.3) is 0 Å². The van der Waals surface area contributed by atoms with Crippen LogP contribution in [0, 0.1) is 0 Å². The average molecular weight is 451 g/mol. The summed E-state index contributed by atoms with van der Waals surface area (Å²) in [5.74, 6) is -0.547. The molecule has 168 valence electrons. The number of nitrogens with zero attached hydrogens (tertiary/aromatic N) is 2. The second kappa shape index (κ2) is 9.60. The molecule has 0 aliphatic rings. The molecule has 0 unspecified atom stereocenters. The highest BCUT2D eigenvalue weighted by atomic mass is 19.4. The van der Waals surface area contributed by atoms with Crippen molar-refractivity contribution in [1.29, 1.82) is 0 Å². The summed E-state index contributed by atoms with van der Waals surface area (Å²) in [6, 6.07) is 24.1. The van der Waals surface area contributed by atoms with Gasteiger partial charge in [-0.2, -0.15) is 13.2 Å². The predicted octanol–water partition coefficient (Wildman–Crippen LogP) is 5.89. The minimum absolute atomic E-state index is 0.244. The number of alkyl halides is 3. The number of hydrogen-bond acceptors (Lipinski definition) is 3. The summed E-state index contributed by atoms with van der Waals surface area (Å²) in [6.45, 7) is 0.321. The first-order valence-corrected chi connectivity index (χ1v) is 10.2. The Morgan fingerprint density at radius 3 is 2.18 bits per heavy atom. The van der Waals surface area contributed by atoms with Crippen molar-refractivity contribution < 1.29 is 22.7 Å². The largest absolute Gasteiger partial charge is 0.450 e. The van der Waals surface area contributed by atoms with Crippen molar-refractivity contribution in [3.05, 3.63) is 103 Å². The van der Waals surface area contributed by atoms with Gasteiger partial charge in [0.1, 0.15) is 5.75 Å². The highest BCUT2D eigenvalue weighted by Crippen LogP contribution is 2.33. The Morgan fingerprint density at radius 2 is 1.55 bits per heavy atom. The van der Waals surface area contributed by atoms with E-state index in [1.165, 1.54) is 6.20 Å². The van der Waals surface area contributed by atoms with E-state index in [1.807, 2.05) is 6.07 Å². The van der Waals surface area contributed by atoms with Crippen LogP contribution in [0.4, 0.5) is 18.0 Å². The third-order valence-corrected chi connectivity index (χ3v) is 4.88. The number of carbonyl (C=O) groups excluding carboxylic acids is 1. The van der Waals surface area contributed by atoms with Gasteiger partial charge in [-0.15, -0.1) is 0 Å². The molecule has 1 amide bonds. The first-order chi connectivity index (χ1) is 15.9. The van der Waals surface area contributed by atoms with Gasteiger partial charge in [0.2, 0.25) is 5.82 Å². The molecular formula is C25H20F3N3O2. The van der Waals surface area contributed by atoms with Gasteiger partial charge < -0.3 is 10.1 Å². The van der Waals surface area contributed by atoms with E-state index in [-0.39, 0.29) is 5.69 Å². The zero-order valence-electron chi connectivity index (χ0n) is 17.4. The van der Waals surface area contributed by atoms with Crippen molar-refractivity contribution in [2.24, 2.45) is 0 Å². The third kappa shape index (κ3) is 5.60. The Labute approximate surface area is 188 Å². The van der Waals surface area contributed by atoms with Crippen molar-refractivity contribution in [3.8, 4) is 22.7 Å². The molecule has 0 aliphatic carbocycles. The molecular weight excluding hydrogens is 431 g/mol. The molecule has 1 N–H and O–H groups in total. The van der Waals surface area contributed by atoms with E-state index in [0.717, 1.165) is 10.1 Å². The standard InChI is InChI=1S/C25H20F3N3O2/c26-25(27,28)23-30-22(19-7-3-1-4-8-19)17-31(23)20-13-11-18(12-14-20)15-16-29-24(32)33-21-9-5-2-6-10-21/h1-14,17H,15-16H2,(H,29,32). The average Bonchev–Trinajstić information content (AvgIpc) is 3.27. The lowest BCUT2D eigenvalue weighted by Gasteiger charge is -2.11. The zero-order chi connectivity index (χ0) is 23.3. The highest BCUT2D eigenvalue weighted by Gasteiger charge is 2.37. The Bertz CT molecular complexity index is 1210. The van der Waals surface area contributed by atoms with Gasteiger partial charge >= 0.3 is 12.3 Å². The van der Waals surface area contributed by atoms with Crippen molar-refractivity contribution >= 4 is 6.09 Å². The van der Waals surface area contributed by atoms with Crippen molar-refractivity contribution in [1.82, 2.24) is 14.9 Å². The number of carbonyl (C=O) groups is 1. The van der Waals surface area contributed by atoms with Gasteiger partial charge in [0.15, 0.2) is 0 Å². The van der Waals surface area contributed by atoms with Gasteiger partial charge in [0, 0.05) is 24.0 Å². The normalized spacial score (nSPS) is 11.2. The summed E-state index contributed by atoms with van der Waals surface area (Å²) >= 11 is 0. The predicted molar refractivity (Wildman–Crippen MR) is 118 cm³/mol. The lowest BCUT2D eigenvalue weighted by molar-refractivity contribution is -0.145. The molecule has 0 saturated carbocycles. The Hall–Kier alpha value is -4.07. The van der Waals surface area contributed by atoms with Crippen LogP contribution in [-0.4, -0.2) is 22.2 Å². The van der Waals surface area contributed by atoms with Crippen molar-refractivity contribution in [3.63, 3.8) is 0 Å². The fraction of sp³-hybridized carbons (Fsp3) is 0.120. The quantitative estimate of drug-likeness (QED) is 0.398. The molecule has 0 atom stereocenters. The van der Waals surface area contributed by atoms with Crippen LogP contribution in [0.25, 0.3) is 16.9 Å². The molecule has 0 saturated heterocycles. The summed E-state index contributed by atoms with van der Waals surface area (Å²) in [6.07, 6.45) is -3.29. The molecule has 4 rings (SSSR count). The lowest BCUT2D eigenvalue weighted by Crippen LogP contribution is -2.28. The number of nitrogens with one attached hydrogen (secondary N) is 1. The molecule has 1 heterocycles. The van der Waals surface area contributed by atoms with Crippen LogP contribution >= 0.6 is 0 Å². The summed E-state index contributed by atoms with van der Waals surface area (Å²) in [4.78, 5) is 15.7. The Morgan fingerprint density at radius 1 is 0.909 bits per heavy atom. The van der Waals surface area contributed by atoms with Crippen molar-refractivity contribution in [2.45, 2.75) is 12.6 Å². The molecule has 3 aromatic carbocycles. The number of halogens is 3. The van der Waals surface area contributed by atoms with Crippen LogP contribution in [0.2, 0.25) is 0 Å². The van der Waals surface area contributed by atoms with Crippen LogP contribution in [0.1, 0.15) is 11.4 Å². The highest BCUT2D eigenvalue weighted by molar-refractivity contribution is 5.70. The smallest absolute Gasteiger partial charge is 0.410 e. The van der Waals surface area contributed by atoms with Gasteiger partial charge in [0.05, 0.1) is 5.69 Å². The fourth-order valence-corrected chi connectivity index (χ4v) is 3.29. The number of para-hydroxylation sites is 1. The first kappa shape index (κ1) is 22.1. The second-order valence-electron chi connectivity index (χ2n) is 7.23. The van der Waals surface area contributed by atoms with Gasteiger partial charge in [-0.05, 0) is 36.2 Å². The van der Waals surface area contributed by atoms with Gasteiger partial charge in [-0.1, -0.05) is 60.7 Å². The number of ether oxygens (including phenoxy) is 1. The van der Waals surface area contributed by atoms with Gasteiger partial charge in [-0.3, -0.25) is 4.57 Å². The second-order valence-corrected chi connectivity index (χ2v) is 7.23. The van der Waals surface area contributed by atoms with E-state index in [2.05, 4.69) is 10.3 Å². The minimum atomic E-state index is -4.60. The number of rotatable bonds is 6. The maximum Gasteiger partial charge on any atom is 0.450 e. The van der Waals surface area contributed by atoms with E-state index in [1.54, 1.807) is 78.9 Å². The van der Waals surface area contributed by atoms with Crippen LogP contribution < -0.4 is 10.1 Å². The van der Waals surface area contributed by atoms with Crippen LogP contribution in [0.5, 0.6) is 5.75 Å². The zero-order valence-corrected chi connectivity index (χ0v) is 17.4. The van der Waals surface area contributed by atoms with Crippen LogP contribution in [-0.2, 0) is 12.6 Å². The van der Waals surface area contributed by atoms with E-state index in [9.17, 15) is 18.0 Å². The maximum absolute atomic E-state index is 13.6. The molecule has 0 fully saturated rings. The monoisotopic (exact) mass is 451 g/mol. The van der Waals surface area contributed by atoms with Crippen LogP contribution in [0.15, 0.2) is 91.1 Å². The lowest BCUT2D eigenvalue weighted by atomic mass is 10.1. The number of benzene rings is 3. The number of amides is 1. The SMILES string of the molecule is O=C(NCCc1ccc(-n2cc(-c3ccccc3)nc2C(F)(F)F)cc1)Oc1ccccc1. The topological polar surface area (TPSA) is 56.2 Å². The molecule has 0 aliphatic heterocycles. The minimum Gasteiger partial charge on any atom is -0.410 e. The van der Waals surface area contributed by atoms with Crippen molar-refractivity contribution in [2.75, 3.05) is 6.54 Å². The van der Waals surface area contributed by atoms with E-state index in [0.29, 0.717) is 30.0 Å². The summed E-state index contributed by atoms with van der Waals surface area (Å²) < 4.78 is 47.0. The van der Waals surface area contributed by atoms with E-state index >= 15 is 0 Å². The molecule has 0 bridgehead atoms. The summed E-state index contributed by atoms with van der Waals surface area (Å²) in [7, 11) is 0. The number of imidazole rings is 1. The van der Waals surface area contributed by atoms with E-state index < -0.39 is 18.1 Å². The van der Waals surface area contributed by atoms with Crippen LogP contribution in [0.3, 0.4) is 0 Å². The van der Waals surface area contributed by atoms with Gasteiger partial charge in [-0.25, -0.2) is 9.78 Å². The number of hydrogen-bond donors (Lipinski definition) is 1. The molecule has 0 radical (unpaired) electrons. The molecule has 4 aromatic rings. The molecule has 33 heavy (non-hydrogen) atoms. The molecule has 8 heteroatoms. The first-order valence-electron chi connectivity index (χ1n) is 10.2. The maximum atomic E-state index is 13.6. The fourth-order valence-electron chi connectivity index (χ4n) is 3.29. The van der Waals surface area contributed by atoms with E-state index in [4.69, 9.17) is 4.74 Å². The third-order valence-electron chi connectivity index (χ3n) is 4.88. The summed E-state index contributed by atoms with van der Waals surface area (Å²) in [5, 5.41) is 2.65. The molecule has 5 nitrogen and oxygen atoms in total. The Balaban J connectivity index is 1.43. The Kier molecular flexibility index (Phi) is 6.44.